The molecular weight excluding hydrogens is 223 g/mol. The molecule has 0 aromatic carbocycles. The van der Waals surface area contributed by atoms with E-state index in [9.17, 15) is 14.0 Å². The number of hydrogen-bond donors (Lipinski definition) is 0. The van der Waals surface area contributed by atoms with Crippen LogP contribution in [0.15, 0.2) is 12.7 Å². The lowest BCUT2D eigenvalue weighted by Gasteiger charge is -2.07. The summed E-state index contributed by atoms with van der Waals surface area (Å²) in [5, 5.41) is 0. The molecule has 0 rings (SSSR count). The van der Waals surface area contributed by atoms with Crippen LogP contribution in [-0.4, -0.2) is 38.5 Å². The lowest BCUT2D eigenvalue weighted by Crippen LogP contribution is -2.17. The van der Waals surface area contributed by atoms with Gasteiger partial charge in [-0.15, -0.1) is 0 Å². The van der Waals surface area contributed by atoms with E-state index in [0.29, 0.717) is 0 Å². The van der Waals surface area contributed by atoms with E-state index < -0.39 is 18.7 Å². The van der Waals surface area contributed by atoms with Crippen LogP contribution in [0.3, 0.4) is 0 Å². The van der Waals surface area contributed by atoms with Gasteiger partial charge in [0.15, 0.2) is 0 Å². The minimum absolute atomic E-state index is 0.0289. The van der Waals surface area contributed by atoms with Crippen LogP contribution in [0.5, 0.6) is 0 Å². The Kier molecular flexibility index (Phi) is 7.56. The lowest BCUT2D eigenvalue weighted by molar-refractivity contribution is -0.0293. The molecule has 0 radical (unpaired) electrons. The number of rotatable bonds is 6. The number of alkyl halides is 1. The first-order chi connectivity index (χ1) is 7.56. The first-order valence-corrected chi connectivity index (χ1v) is 4.44. The molecule has 1 atom stereocenters. The van der Waals surface area contributed by atoms with E-state index >= 15 is 0 Å². The lowest BCUT2D eigenvalue weighted by atomic mass is 10.7. The molecule has 16 heavy (non-hydrogen) atoms. The third-order valence-corrected chi connectivity index (χ3v) is 1.10. The van der Waals surface area contributed by atoms with E-state index in [-0.39, 0.29) is 19.8 Å². The van der Waals surface area contributed by atoms with E-state index in [4.69, 9.17) is 0 Å². The van der Waals surface area contributed by atoms with Crippen LogP contribution in [-0.2, 0) is 18.9 Å². The van der Waals surface area contributed by atoms with Gasteiger partial charge in [0.2, 0.25) is 6.36 Å². The Morgan fingerprint density at radius 1 is 1.25 bits per heavy atom. The molecule has 1 unspecified atom stereocenters. The van der Waals surface area contributed by atoms with Crippen molar-refractivity contribution in [2.45, 2.75) is 13.3 Å². The van der Waals surface area contributed by atoms with E-state index in [1.807, 2.05) is 0 Å². The molecule has 0 N–H and O–H groups in total. The highest BCUT2D eigenvalue weighted by Crippen LogP contribution is 1.95. The van der Waals surface area contributed by atoms with Gasteiger partial charge in [-0.1, -0.05) is 12.7 Å². The zero-order chi connectivity index (χ0) is 12.4. The molecule has 0 saturated heterocycles. The molecule has 0 aromatic heterocycles. The molecule has 0 bridgehead atoms. The minimum Gasteiger partial charge on any atom is -0.431 e. The third kappa shape index (κ3) is 8.79. The highest BCUT2D eigenvalue weighted by Gasteiger charge is 2.09. The molecule has 0 amide bonds. The van der Waals surface area contributed by atoms with Gasteiger partial charge in [-0.05, 0) is 0 Å². The van der Waals surface area contributed by atoms with Crippen LogP contribution in [0.4, 0.5) is 14.0 Å². The van der Waals surface area contributed by atoms with Crippen LogP contribution >= 0.6 is 0 Å². The van der Waals surface area contributed by atoms with Crippen LogP contribution in [0.2, 0.25) is 0 Å². The van der Waals surface area contributed by atoms with E-state index in [1.165, 1.54) is 6.08 Å². The topological polar surface area (TPSA) is 71.1 Å². The zero-order valence-corrected chi connectivity index (χ0v) is 8.81. The standard InChI is InChI=1S/C9H13FO6/c1-3-4-13-8(11)14-5-6-15-9(12)16-7(2)10/h3,7H,1,4-6H2,2H3. The fraction of sp³-hybridized carbons (Fsp3) is 0.556. The van der Waals surface area contributed by atoms with Gasteiger partial charge in [-0.25, -0.2) is 14.0 Å². The Hall–Kier alpha value is -1.79. The van der Waals surface area contributed by atoms with Gasteiger partial charge in [0.25, 0.3) is 0 Å². The zero-order valence-electron chi connectivity index (χ0n) is 8.81. The van der Waals surface area contributed by atoms with Gasteiger partial charge in [0.1, 0.15) is 19.8 Å². The van der Waals surface area contributed by atoms with Crippen LogP contribution in [0.25, 0.3) is 0 Å². The smallest absolute Gasteiger partial charge is 0.431 e. The molecular formula is C9H13FO6. The Morgan fingerprint density at radius 3 is 2.31 bits per heavy atom. The second-order valence-electron chi connectivity index (χ2n) is 2.46. The number of carbonyl (C=O) groups is 2. The predicted octanol–water partition coefficient (Wildman–Crippen LogP) is 1.79. The summed E-state index contributed by atoms with van der Waals surface area (Å²) in [6, 6.07) is 0. The second-order valence-corrected chi connectivity index (χ2v) is 2.46. The number of hydrogen-bond acceptors (Lipinski definition) is 6. The molecule has 0 aliphatic carbocycles. The Balaban J connectivity index is 3.42. The summed E-state index contributed by atoms with van der Waals surface area (Å²) in [7, 11) is 0. The van der Waals surface area contributed by atoms with Crippen LogP contribution < -0.4 is 0 Å². The summed E-state index contributed by atoms with van der Waals surface area (Å²) in [6.45, 7) is 3.94. The van der Waals surface area contributed by atoms with Crippen molar-refractivity contribution >= 4 is 12.3 Å². The third-order valence-electron chi connectivity index (χ3n) is 1.10. The summed E-state index contributed by atoms with van der Waals surface area (Å²) in [5.41, 5.74) is 0. The fourth-order valence-corrected chi connectivity index (χ4v) is 0.585. The average Bonchev–Trinajstić information content (AvgIpc) is 2.20. The van der Waals surface area contributed by atoms with Crippen LogP contribution in [0.1, 0.15) is 6.92 Å². The van der Waals surface area contributed by atoms with E-state index in [2.05, 4.69) is 25.5 Å². The second kappa shape index (κ2) is 8.51. The van der Waals surface area contributed by atoms with Gasteiger partial charge >= 0.3 is 12.3 Å². The van der Waals surface area contributed by atoms with Crippen molar-refractivity contribution in [2.24, 2.45) is 0 Å². The molecule has 0 spiro atoms. The van der Waals surface area contributed by atoms with Crippen LogP contribution in [0, 0.1) is 0 Å². The van der Waals surface area contributed by atoms with Crippen molar-refractivity contribution in [1.82, 2.24) is 0 Å². The molecule has 0 aromatic rings. The average molecular weight is 236 g/mol. The van der Waals surface area contributed by atoms with Crippen molar-refractivity contribution in [3.8, 4) is 0 Å². The molecule has 0 saturated carbocycles. The van der Waals surface area contributed by atoms with Gasteiger partial charge in [0, 0.05) is 6.92 Å². The van der Waals surface area contributed by atoms with Crippen molar-refractivity contribution in [2.75, 3.05) is 19.8 Å². The van der Waals surface area contributed by atoms with Crippen molar-refractivity contribution in [3.05, 3.63) is 12.7 Å². The Labute approximate surface area is 91.9 Å². The molecule has 0 aliphatic heterocycles. The first kappa shape index (κ1) is 14.2. The van der Waals surface area contributed by atoms with Gasteiger partial charge < -0.3 is 18.9 Å². The summed E-state index contributed by atoms with van der Waals surface area (Å²) in [6.07, 6.45) is -2.45. The molecule has 0 aliphatic rings. The quantitative estimate of drug-likeness (QED) is 0.398. The highest BCUT2D eigenvalue weighted by atomic mass is 19.1. The number of carbonyl (C=O) groups excluding carboxylic acids is 2. The highest BCUT2D eigenvalue weighted by molar-refractivity contribution is 5.60. The van der Waals surface area contributed by atoms with Crippen molar-refractivity contribution in [1.29, 1.82) is 0 Å². The Bertz CT molecular complexity index is 240. The molecule has 6 nitrogen and oxygen atoms in total. The van der Waals surface area contributed by atoms with Gasteiger partial charge in [-0.2, -0.15) is 0 Å². The van der Waals surface area contributed by atoms with E-state index in [0.717, 1.165) is 6.92 Å². The maximum atomic E-state index is 12.1. The van der Waals surface area contributed by atoms with Crippen molar-refractivity contribution < 1.29 is 32.9 Å². The summed E-state index contributed by atoms with van der Waals surface area (Å²) < 4.78 is 29.4. The maximum Gasteiger partial charge on any atom is 0.510 e. The monoisotopic (exact) mass is 236 g/mol. The summed E-state index contributed by atoms with van der Waals surface area (Å²) >= 11 is 0. The summed E-state index contributed by atoms with van der Waals surface area (Å²) in [4.78, 5) is 21.3. The van der Waals surface area contributed by atoms with Gasteiger partial charge in [-0.3, -0.25) is 0 Å². The van der Waals surface area contributed by atoms with Crippen molar-refractivity contribution in [3.63, 3.8) is 0 Å². The first-order valence-electron chi connectivity index (χ1n) is 4.44. The minimum atomic E-state index is -1.74. The Morgan fingerprint density at radius 2 is 1.81 bits per heavy atom. The SMILES string of the molecule is C=CCOC(=O)OCCOC(=O)OC(C)F. The maximum absolute atomic E-state index is 12.1. The number of halogens is 1. The van der Waals surface area contributed by atoms with Gasteiger partial charge in [0.05, 0.1) is 0 Å². The fourth-order valence-electron chi connectivity index (χ4n) is 0.585. The van der Waals surface area contributed by atoms with E-state index in [1.54, 1.807) is 0 Å². The summed E-state index contributed by atoms with van der Waals surface area (Å²) in [5.74, 6) is 0. The molecule has 0 heterocycles. The molecule has 7 heteroatoms. The normalized spacial score (nSPS) is 11.1. The molecule has 0 fully saturated rings. The largest absolute Gasteiger partial charge is 0.510 e. The number of ether oxygens (including phenoxy) is 4. The predicted molar refractivity (Wildman–Crippen MR) is 50.5 cm³/mol. The molecule has 92 valence electrons.